The fourth-order valence-corrected chi connectivity index (χ4v) is 7.49. The van der Waals surface area contributed by atoms with E-state index in [2.05, 4.69) is 174 Å². The van der Waals surface area contributed by atoms with Gasteiger partial charge in [0.15, 0.2) is 6.20 Å². The van der Waals surface area contributed by atoms with Crippen LogP contribution in [0.3, 0.4) is 0 Å². The van der Waals surface area contributed by atoms with Gasteiger partial charge >= 0.3 is 0 Å². The second kappa shape index (κ2) is 13.7. The first-order valence-electron chi connectivity index (χ1n) is 14.6. The number of fused-ring (bicyclic) bond motifs is 1. The number of thiophene rings is 2. The van der Waals surface area contributed by atoms with Gasteiger partial charge in [-0.2, -0.15) is 4.57 Å². The van der Waals surface area contributed by atoms with E-state index in [0.29, 0.717) is 0 Å². The molecule has 0 fully saturated rings. The average Bonchev–Trinajstić information content (AvgIpc) is 3.76. The van der Waals surface area contributed by atoms with Crippen LogP contribution < -0.4 is 33.4 Å². The van der Waals surface area contributed by atoms with Crippen molar-refractivity contribution in [3.63, 3.8) is 0 Å². The van der Waals surface area contributed by atoms with Crippen molar-refractivity contribution < 1.29 is 28.5 Å². The van der Waals surface area contributed by atoms with Crippen LogP contribution in [0.1, 0.15) is 17.4 Å². The molecule has 0 bridgehead atoms. The summed E-state index contributed by atoms with van der Waals surface area (Å²) in [6.07, 6.45) is 6.67. The Morgan fingerprint density at radius 1 is 0.568 bits per heavy atom. The summed E-state index contributed by atoms with van der Waals surface area (Å²) in [5.41, 5.74) is 7.18. The van der Waals surface area contributed by atoms with E-state index in [1.54, 1.807) is 0 Å². The molecule has 5 heteroatoms. The van der Waals surface area contributed by atoms with Crippen LogP contribution in [0, 0.1) is 0 Å². The molecule has 4 aromatic carbocycles. The van der Waals surface area contributed by atoms with Gasteiger partial charge in [0.1, 0.15) is 6.54 Å². The number of hydrogen-bond acceptors (Lipinski definition) is 3. The maximum Gasteiger partial charge on any atom is 0.213 e. The number of benzene rings is 4. The minimum absolute atomic E-state index is 0. The molecule has 0 aliphatic heterocycles. The van der Waals surface area contributed by atoms with Crippen molar-refractivity contribution >= 4 is 62.8 Å². The van der Waals surface area contributed by atoms with E-state index in [9.17, 15) is 0 Å². The van der Waals surface area contributed by atoms with Crippen molar-refractivity contribution in [1.82, 2.24) is 0 Å². The van der Waals surface area contributed by atoms with Crippen molar-refractivity contribution in [3.05, 3.63) is 156 Å². The van der Waals surface area contributed by atoms with Crippen molar-refractivity contribution in [3.8, 4) is 20.2 Å². The highest BCUT2D eigenvalue weighted by molar-refractivity contribution is 7.24. The first-order chi connectivity index (χ1) is 21.3. The minimum atomic E-state index is 0. The Kier molecular flexibility index (Phi) is 9.36. The SMILES string of the molecule is CC[n+]1ccc(/C=C/c2ccc(-c3ccc(-c4ccc(N(c5ccccc5)c5ccccc5)cc4)s3)s2)c2ccccc21.[I-]. The van der Waals surface area contributed by atoms with Crippen LogP contribution in [0.2, 0.25) is 0 Å². The molecule has 216 valence electrons. The number of rotatable bonds is 8. The summed E-state index contributed by atoms with van der Waals surface area (Å²) in [7, 11) is 0. The lowest BCUT2D eigenvalue weighted by molar-refractivity contribution is -0.667. The van der Waals surface area contributed by atoms with Crippen LogP contribution in [0.4, 0.5) is 17.1 Å². The van der Waals surface area contributed by atoms with E-state index < -0.39 is 0 Å². The molecular weight excluding hydrogens is 687 g/mol. The summed E-state index contributed by atoms with van der Waals surface area (Å²) in [4.78, 5) is 7.43. The number of aromatic nitrogens is 1. The van der Waals surface area contributed by atoms with Gasteiger partial charge in [0.2, 0.25) is 5.52 Å². The Morgan fingerprint density at radius 3 is 1.86 bits per heavy atom. The molecule has 7 rings (SSSR count). The van der Waals surface area contributed by atoms with Gasteiger partial charge in [-0.15, -0.1) is 22.7 Å². The summed E-state index contributed by atoms with van der Waals surface area (Å²) < 4.78 is 2.29. The molecule has 7 aromatic rings. The van der Waals surface area contributed by atoms with E-state index >= 15 is 0 Å². The largest absolute Gasteiger partial charge is 1.00 e. The van der Waals surface area contributed by atoms with E-state index in [1.165, 1.54) is 41.5 Å². The molecule has 0 spiro atoms. The van der Waals surface area contributed by atoms with E-state index in [0.717, 1.165) is 23.6 Å². The number of para-hydroxylation sites is 3. The van der Waals surface area contributed by atoms with Crippen molar-refractivity contribution in [2.75, 3.05) is 4.90 Å². The molecule has 3 heterocycles. The molecule has 0 N–H and O–H groups in total. The third-order valence-corrected chi connectivity index (χ3v) is 10.0. The summed E-state index contributed by atoms with van der Waals surface area (Å²) in [6.45, 7) is 3.15. The first-order valence-corrected chi connectivity index (χ1v) is 16.2. The molecule has 44 heavy (non-hydrogen) atoms. The standard InChI is InChI=1S/C39H31N2S2.HI/c1-2-40-28-27-29(35-15-9-10-16-36(35)40)19-22-34-23-24-38(42-34)39-26-25-37(43-39)30-17-20-33(21-18-30)41(31-11-5-3-6-12-31)32-13-7-4-8-14-32;/h3-28H,2H2,1H3;1H/q+1;/p-1. The summed E-state index contributed by atoms with van der Waals surface area (Å²) >= 11 is 3.69. The van der Waals surface area contributed by atoms with Gasteiger partial charge in [0.25, 0.3) is 0 Å². The van der Waals surface area contributed by atoms with Gasteiger partial charge in [-0.3, -0.25) is 0 Å². The van der Waals surface area contributed by atoms with Gasteiger partial charge in [0, 0.05) is 48.7 Å². The summed E-state index contributed by atoms with van der Waals surface area (Å²) in [6, 6.07) is 49.8. The van der Waals surface area contributed by atoms with Gasteiger partial charge in [-0.1, -0.05) is 66.7 Å². The molecule has 0 aliphatic rings. The lowest BCUT2D eigenvalue weighted by Crippen LogP contribution is -3.00. The molecule has 0 unspecified atom stereocenters. The predicted octanol–water partition coefficient (Wildman–Crippen LogP) is 8.25. The highest BCUT2D eigenvalue weighted by atomic mass is 127. The zero-order valence-electron chi connectivity index (χ0n) is 24.3. The molecule has 0 aliphatic carbocycles. The Hall–Kier alpha value is -4.04. The number of aryl methyl sites for hydroxylation is 1. The fourth-order valence-electron chi connectivity index (χ4n) is 5.48. The lowest BCUT2D eigenvalue weighted by Gasteiger charge is -2.25. The van der Waals surface area contributed by atoms with Crippen LogP contribution in [-0.2, 0) is 6.54 Å². The quantitative estimate of drug-likeness (QED) is 0.114. The smallest absolute Gasteiger partial charge is 0.213 e. The van der Waals surface area contributed by atoms with Crippen molar-refractivity contribution in [1.29, 1.82) is 0 Å². The van der Waals surface area contributed by atoms with Crippen LogP contribution in [-0.4, -0.2) is 0 Å². The molecular formula is C39H31IN2S2. The highest BCUT2D eigenvalue weighted by Gasteiger charge is 2.13. The summed E-state index contributed by atoms with van der Waals surface area (Å²) in [5, 5.41) is 1.28. The van der Waals surface area contributed by atoms with Crippen LogP contribution >= 0.6 is 22.7 Å². The fraction of sp³-hybridized carbons (Fsp3) is 0.0513. The van der Waals surface area contributed by atoms with Crippen LogP contribution in [0.15, 0.2) is 146 Å². The number of halogens is 1. The Bertz CT molecular complexity index is 1970. The number of anilines is 3. The monoisotopic (exact) mass is 718 g/mol. The van der Waals surface area contributed by atoms with Crippen LogP contribution in [0.25, 0.3) is 43.2 Å². The number of pyridine rings is 1. The Balaban J connectivity index is 0.00000343. The topological polar surface area (TPSA) is 7.12 Å². The maximum absolute atomic E-state index is 2.30. The van der Waals surface area contributed by atoms with Crippen molar-refractivity contribution in [2.24, 2.45) is 0 Å². The summed E-state index contributed by atoms with van der Waals surface area (Å²) in [5.74, 6) is 0. The van der Waals surface area contributed by atoms with Gasteiger partial charge in [-0.25, -0.2) is 0 Å². The third-order valence-electron chi connectivity index (χ3n) is 7.64. The number of hydrogen-bond donors (Lipinski definition) is 0. The normalized spacial score (nSPS) is 11.1. The van der Waals surface area contributed by atoms with Gasteiger partial charge in [0.05, 0.1) is 5.39 Å². The van der Waals surface area contributed by atoms with Crippen molar-refractivity contribution in [2.45, 2.75) is 13.5 Å². The third kappa shape index (κ3) is 6.27. The molecule has 0 atom stereocenters. The molecule has 2 nitrogen and oxygen atoms in total. The Morgan fingerprint density at radius 2 is 1.16 bits per heavy atom. The minimum Gasteiger partial charge on any atom is -1.00 e. The van der Waals surface area contributed by atoms with E-state index in [-0.39, 0.29) is 24.0 Å². The lowest BCUT2D eigenvalue weighted by atomic mass is 10.1. The van der Waals surface area contributed by atoms with E-state index in [4.69, 9.17) is 0 Å². The first kappa shape index (κ1) is 30.0. The highest BCUT2D eigenvalue weighted by Crippen LogP contribution is 2.40. The molecule has 0 radical (unpaired) electrons. The second-order valence-corrected chi connectivity index (χ2v) is 12.5. The van der Waals surface area contributed by atoms with Crippen LogP contribution in [0.5, 0.6) is 0 Å². The average molecular weight is 719 g/mol. The maximum atomic E-state index is 2.30. The molecule has 0 amide bonds. The molecule has 3 aromatic heterocycles. The predicted molar refractivity (Wildman–Crippen MR) is 186 cm³/mol. The Labute approximate surface area is 284 Å². The molecule has 0 saturated carbocycles. The zero-order valence-corrected chi connectivity index (χ0v) is 28.1. The van der Waals surface area contributed by atoms with Gasteiger partial charge in [-0.05, 0) is 90.9 Å². The number of nitrogens with zero attached hydrogens (tertiary/aromatic N) is 2. The van der Waals surface area contributed by atoms with Gasteiger partial charge < -0.3 is 28.9 Å². The second-order valence-electron chi connectivity index (χ2n) is 10.3. The van der Waals surface area contributed by atoms with E-state index in [1.807, 2.05) is 22.7 Å². The zero-order chi connectivity index (χ0) is 29.0. The molecule has 0 saturated heterocycles.